The van der Waals surface area contributed by atoms with Crippen molar-refractivity contribution in [2.75, 3.05) is 0 Å². The maximum Gasteiger partial charge on any atom is 0.0841 e. The standard InChI is InChI=1S/C5H8O/c1-2-4-5(3-1)6-4/h4-5H,1-3H2/t4-,5-/m1/s1. The van der Waals surface area contributed by atoms with Crippen molar-refractivity contribution < 1.29 is 4.74 Å². The van der Waals surface area contributed by atoms with E-state index in [9.17, 15) is 0 Å². The molecule has 0 aromatic heterocycles. The highest BCUT2D eigenvalue weighted by Gasteiger charge is 2.42. The Morgan fingerprint density at radius 3 is 2.00 bits per heavy atom. The Bertz CT molecular complexity index is 62.3. The minimum atomic E-state index is 0.713. The lowest BCUT2D eigenvalue weighted by atomic mass is 10.4. The van der Waals surface area contributed by atoms with Crippen molar-refractivity contribution in [3.63, 3.8) is 0 Å². The molecule has 1 saturated heterocycles. The summed E-state index contributed by atoms with van der Waals surface area (Å²) < 4.78 is 5.15. The molecule has 0 aromatic carbocycles. The zero-order valence-electron chi connectivity index (χ0n) is 3.68. The molecule has 0 aromatic rings. The Balaban J connectivity index is 2.09. The maximum absolute atomic E-state index is 5.15. The van der Waals surface area contributed by atoms with Gasteiger partial charge in [0, 0.05) is 0 Å². The molecule has 1 heteroatoms. The smallest absolute Gasteiger partial charge is 0.0841 e. The van der Waals surface area contributed by atoms with Crippen LogP contribution in [0, 0.1) is 0 Å². The topological polar surface area (TPSA) is 12.5 Å². The third-order valence-electron chi connectivity index (χ3n) is 1.66. The van der Waals surface area contributed by atoms with Crippen LogP contribution in [-0.4, -0.2) is 12.2 Å². The number of ether oxygens (including phenoxy) is 1. The molecule has 1 nitrogen and oxygen atoms in total. The van der Waals surface area contributed by atoms with Crippen LogP contribution >= 0.6 is 0 Å². The van der Waals surface area contributed by atoms with Crippen molar-refractivity contribution in [3.8, 4) is 0 Å². The van der Waals surface area contributed by atoms with Gasteiger partial charge in [0.15, 0.2) is 0 Å². The molecule has 0 bridgehead atoms. The van der Waals surface area contributed by atoms with Gasteiger partial charge in [-0.05, 0) is 19.3 Å². The Labute approximate surface area is 37.3 Å². The molecule has 2 rings (SSSR count). The third-order valence-corrected chi connectivity index (χ3v) is 1.66. The molecule has 0 spiro atoms. The van der Waals surface area contributed by atoms with Gasteiger partial charge in [-0.1, -0.05) is 0 Å². The summed E-state index contributed by atoms with van der Waals surface area (Å²) in [6.45, 7) is 0. The molecule has 0 amide bonds. The third kappa shape index (κ3) is 0.243. The molecule has 1 aliphatic carbocycles. The van der Waals surface area contributed by atoms with E-state index in [4.69, 9.17) is 4.74 Å². The van der Waals surface area contributed by atoms with Crippen LogP contribution in [0.2, 0.25) is 0 Å². The summed E-state index contributed by atoms with van der Waals surface area (Å²) >= 11 is 0. The summed E-state index contributed by atoms with van der Waals surface area (Å²) in [5.41, 5.74) is 0. The molecule has 1 saturated carbocycles. The van der Waals surface area contributed by atoms with Gasteiger partial charge in [-0.3, -0.25) is 0 Å². The summed E-state index contributed by atoms with van der Waals surface area (Å²) in [6.07, 6.45) is 5.51. The lowest BCUT2D eigenvalue weighted by molar-refractivity contribution is 0.322. The van der Waals surface area contributed by atoms with E-state index in [1.807, 2.05) is 0 Å². The Morgan fingerprint density at radius 2 is 1.83 bits per heavy atom. The predicted molar refractivity (Wildman–Crippen MR) is 22.5 cm³/mol. The maximum atomic E-state index is 5.15. The fourth-order valence-corrected chi connectivity index (χ4v) is 1.21. The number of hydrogen-bond acceptors (Lipinski definition) is 1. The summed E-state index contributed by atoms with van der Waals surface area (Å²) in [7, 11) is 0. The molecule has 6 heavy (non-hydrogen) atoms. The molecule has 0 radical (unpaired) electrons. The van der Waals surface area contributed by atoms with E-state index in [2.05, 4.69) is 0 Å². The molecular weight excluding hydrogens is 76.1 g/mol. The van der Waals surface area contributed by atoms with Crippen LogP contribution in [0.1, 0.15) is 19.3 Å². The van der Waals surface area contributed by atoms with Crippen molar-refractivity contribution in [1.29, 1.82) is 0 Å². The highest BCUT2D eigenvalue weighted by molar-refractivity contribution is 4.90. The van der Waals surface area contributed by atoms with Crippen LogP contribution in [0.25, 0.3) is 0 Å². The molecule has 1 aliphatic heterocycles. The molecule has 34 valence electrons. The SMILES string of the molecule is C1C[C@H]2O[C@@H]2C1. The van der Waals surface area contributed by atoms with Crippen LogP contribution in [0.3, 0.4) is 0 Å². The van der Waals surface area contributed by atoms with Crippen molar-refractivity contribution >= 4 is 0 Å². The van der Waals surface area contributed by atoms with Crippen LogP contribution in [0.5, 0.6) is 0 Å². The minimum Gasteiger partial charge on any atom is -0.370 e. The first-order valence-electron chi connectivity index (χ1n) is 2.62. The summed E-state index contributed by atoms with van der Waals surface area (Å²) in [4.78, 5) is 0. The highest BCUT2D eigenvalue weighted by atomic mass is 16.6. The summed E-state index contributed by atoms with van der Waals surface area (Å²) in [5.74, 6) is 0. The quantitative estimate of drug-likeness (QED) is 0.398. The number of rotatable bonds is 0. The Hall–Kier alpha value is -0.0400. The largest absolute Gasteiger partial charge is 0.370 e. The summed E-state index contributed by atoms with van der Waals surface area (Å²) in [6, 6.07) is 0. The van der Waals surface area contributed by atoms with Gasteiger partial charge >= 0.3 is 0 Å². The zero-order chi connectivity index (χ0) is 3.98. The van der Waals surface area contributed by atoms with Crippen molar-refractivity contribution in [3.05, 3.63) is 0 Å². The van der Waals surface area contributed by atoms with Gasteiger partial charge < -0.3 is 4.74 Å². The first kappa shape index (κ1) is 3.03. The lowest BCUT2D eigenvalue weighted by Gasteiger charge is -1.81. The number of fused-ring (bicyclic) bond motifs is 1. The second-order valence-electron chi connectivity index (χ2n) is 2.14. The van der Waals surface area contributed by atoms with E-state index in [0.29, 0.717) is 12.2 Å². The van der Waals surface area contributed by atoms with Gasteiger partial charge in [-0.15, -0.1) is 0 Å². The van der Waals surface area contributed by atoms with Gasteiger partial charge in [-0.25, -0.2) is 0 Å². The van der Waals surface area contributed by atoms with Gasteiger partial charge in [0.05, 0.1) is 12.2 Å². The molecular formula is C5H8O. The van der Waals surface area contributed by atoms with E-state index in [1.54, 1.807) is 0 Å². The van der Waals surface area contributed by atoms with Crippen LogP contribution < -0.4 is 0 Å². The summed E-state index contributed by atoms with van der Waals surface area (Å²) in [5, 5.41) is 0. The van der Waals surface area contributed by atoms with Gasteiger partial charge in [-0.2, -0.15) is 0 Å². The van der Waals surface area contributed by atoms with Crippen molar-refractivity contribution in [2.45, 2.75) is 31.5 Å². The normalized spacial score (nSPS) is 52.0. The van der Waals surface area contributed by atoms with Crippen molar-refractivity contribution in [1.82, 2.24) is 0 Å². The van der Waals surface area contributed by atoms with E-state index in [-0.39, 0.29) is 0 Å². The van der Waals surface area contributed by atoms with E-state index >= 15 is 0 Å². The first-order valence-corrected chi connectivity index (χ1v) is 2.62. The van der Waals surface area contributed by atoms with Crippen LogP contribution in [0.4, 0.5) is 0 Å². The fourth-order valence-electron chi connectivity index (χ4n) is 1.21. The second-order valence-corrected chi connectivity index (χ2v) is 2.14. The Morgan fingerprint density at radius 1 is 1.17 bits per heavy atom. The molecule has 0 unspecified atom stereocenters. The number of epoxide rings is 1. The minimum absolute atomic E-state index is 0.713. The van der Waals surface area contributed by atoms with Crippen LogP contribution in [0.15, 0.2) is 0 Å². The number of hydrogen-bond donors (Lipinski definition) is 0. The van der Waals surface area contributed by atoms with Gasteiger partial charge in [0.25, 0.3) is 0 Å². The highest BCUT2D eigenvalue weighted by Crippen LogP contribution is 2.37. The van der Waals surface area contributed by atoms with Crippen molar-refractivity contribution in [2.24, 2.45) is 0 Å². The second kappa shape index (κ2) is 0.784. The fraction of sp³-hybridized carbons (Fsp3) is 1.00. The Kier molecular flexibility index (Phi) is 0.396. The average Bonchev–Trinajstić information content (AvgIpc) is 2.17. The van der Waals surface area contributed by atoms with E-state index in [0.717, 1.165) is 0 Å². The van der Waals surface area contributed by atoms with E-state index in [1.165, 1.54) is 19.3 Å². The molecule has 2 atom stereocenters. The molecule has 2 fully saturated rings. The van der Waals surface area contributed by atoms with Gasteiger partial charge in [0.1, 0.15) is 0 Å². The predicted octanol–water partition coefficient (Wildman–Crippen LogP) is 0.938. The zero-order valence-corrected chi connectivity index (χ0v) is 3.68. The van der Waals surface area contributed by atoms with E-state index < -0.39 is 0 Å². The van der Waals surface area contributed by atoms with Gasteiger partial charge in [0.2, 0.25) is 0 Å². The molecule has 1 heterocycles. The molecule has 0 N–H and O–H groups in total. The van der Waals surface area contributed by atoms with Crippen LogP contribution in [-0.2, 0) is 4.74 Å². The average molecular weight is 84.1 g/mol. The molecule has 2 aliphatic rings. The monoisotopic (exact) mass is 84.1 g/mol. The first-order chi connectivity index (χ1) is 2.97. The lowest BCUT2D eigenvalue weighted by Crippen LogP contribution is -1.74.